The van der Waals surface area contributed by atoms with Crippen LogP contribution in [0.1, 0.15) is 37.3 Å². The second-order valence-electron chi connectivity index (χ2n) is 5.61. The highest BCUT2D eigenvalue weighted by Gasteiger charge is 2.20. The summed E-state index contributed by atoms with van der Waals surface area (Å²) in [6.07, 6.45) is 3.70. The quantitative estimate of drug-likeness (QED) is 0.905. The van der Waals surface area contributed by atoms with Gasteiger partial charge in [0.2, 0.25) is 5.91 Å². The van der Waals surface area contributed by atoms with Crippen LogP contribution < -0.4 is 5.32 Å². The Hall–Kier alpha value is -1.35. The zero-order chi connectivity index (χ0) is 13.8. The van der Waals surface area contributed by atoms with Crippen LogP contribution in [0, 0.1) is 13.8 Å². The lowest BCUT2D eigenvalue weighted by atomic mass is 10.0. The highest BCUT2D eigenvalue weighted by Crippen LogP contribution is 2.19. The van der Waals surface area contributed by atoms with Crippen LogP contribution in [0.5, 0.6) is 0 Å². The maximum absolute atomic E-state index is 12.1. The number of nitrogens with zero attached hydrogens (tertiary/aromatic N) is 1. The van der Waals surface area contributed by atoms with Gasteiger partial charge < -0.3 is 5.32 Å². The number of nitrogens with one attached hydrogen (secondary N) is 1. The average Bonchev–Trinajstić information content (AvgIpc) is 2.38. The van der Waals surface area contributed by atoms with Gasteiger partial charge in [-0.3, -0.25) is 9.69 Å². The van der Waals surface area contributed by atoms with Gasteiger partial charge in [0.05, 0.1) is 6.54 Å². The van der Waals surface area contributed by atoms with E-state index in [2.05, 4.69) is 37.1 Å². The van der Waals surface area contributed by atoms with Crippen molar-refractivity contribution in [2.24, 2.45) is 0 Å². The fourth-order valence-corrected chi connectivity index (χ4v) is 2.65. The van der Waals surface area contributed by atoms with Crippen LogP contribution in [0.3, 0.4) is 0 Å². The van der Waals surface area contributed by atoms with E-state index in [9.17, 15) is 4.79 Å². The van der Waals surface area contributed by atoms with Gasteiger partial charge in [-0.05, 0) is 57.4 Å². The first-order chi connectivity index (χ1) is 9.08. The van der Waals surface area contributed by atoms with E-state index in [-0.39, 0.29) is 5.91 Å². The lowest BCUT2D eigenvalue weighted by Crippen LogP contribution is -2.42. The smallest absolute Gasteiger partial charge is 0.238 e. The maximum Gasteiger partial charge on any atom is 0.238 e. The van der Waals surface area contributed by atoms with Crippen molar-refractivity contribution >= 4 is 11.6 Å². The van der Waals surface area contributed by atoms with Crippen molar-refractivity contribution in [3.05, 3.63) is 29.3 Å². The number of benzene rings is 1. The third kappa shape index (κ3) is 3.57. The van der Waals surface area contributed by atoms with Crippen molar-refractivity contribution in [1.29, 1.82) is 0 Å². The van der Waals surface area contributed by atoms with E-state index < -0.39 is 0 Å². The number of amides is 1. The molecule has 0 spiro atoms. The van der Waals surface area contributed by atoms with Crippen LogP contribution >= 0.6 is 0 Å². The molecule has 0 unspecified atom stereocenters. The zero-order valence-corrected chi connectivity index (χ0v) is 12.2. The third-order valence-corrected chi connectivity index (χ3v) is 4.17. The molecular weight excluding hydrogens is 236 g/mol. The topological polar surface area (TPSA) is 32.3 Å². The highest BCUT2D eigenvalue weighted by molar-refractivity contribution is 5.93. The molecular formula is C16H24N2O. The Morgan fingerprint density at radius 1 is 1.37 bits per heavy atom. The SMILES string of the molecule is Cc1cccc(NC(=O)CN2CCCC[C@@H]2C)c1C. The van der Waals surface area contributed by atoms with E-state index in [0.29, 0.717) is 12.6 Å². The predicted octanol–water partition coefficient (Wildman–Crippen LogP) is 3.12. The molecule has 1 aromatic rings. The number of aryl methyl sites for hydroxylation is 1. The Kier molecular flexibility index (Phi) is 4.59. The minimum atomic E-state index is 0.0995. The summed E-state index contributed by atoms with van der Waals surface area (Å²) in [6, 6.07) is 6.55. The van der Waals surface area contributed by atoms with Gasteiger partial charge in [0.25, 0.3) is 0 Å². The standard InChI is InChI=1S/C16H24N2O/c1-12-7-6-9-15(14(12)3)17-16(19)11-18-10-5-4-8-13(18)2/h6-7,9,13H,4-5,8,10-11H2,1-3H3,(H,17,19)/t13-/m0/s1. The summed E-state index contributed by atoms with van der Waals surface area (Å²) < 4.78 is 0. The van der Waals surface area contributed by atoms with Crippen LogP contribution in [0.2, 0.25) is 0 Å². The first kappa shape index (κ1) is 14.1. The Labute approximate surface area is 116 Å². The van der Waals surface area contributed by atoms with Gasteiger partial charge in [-0.2, -0.15) is 0 Å². The molecule has 1 heterocycles. The van der Waals surface area contributed by atoms with Gasteiger partial charge in [0.1, 0.15) is 0 Å². The molecule has 19 heavy (non-hydrogen) atoms. The van der Waals surface area contributed by atoms with Crippen molar-refractivity contribution in [2.45, 2.75) is 46.1 Å². The second kappa shape index (κ2) is 6.20. The van der Waals surface area contributed by atoms with Gasteiger partial charge in [0.15, 0.2) is 0 Å². The van der Waals surface area contributed by atoms with Crippen molar-refractivity contribution in [3.63, 3.8) is 0 Å². The zero-order valence-electron chi connectivity index (χ0n) is 12.2. The average molecular weight is 260 g/mol. The Morgan fingerprint density at radius 3 is 2.89 bits per heavy atom. The van der Waals surface area contributed by atoms with E-state index in [0.717, 1.165) is 17.8 Å². The molecule has 1 amide bonds. The number of piperidine rings is 1. The number of likely N-dealkylation sites (tertiary alicyclic amines) is 1. The van der Waals surface area contributed by atoms with Gasteiger partial charge in [-0.15, -0.1) is 0 Å². The van der Waals surface area contributed by atoms with Gasteiger partial charge >= 0.3 is 0 Å². The summed E-state index contributed by atoms with van der Waals surface area (Å²) in [6.45, 7) is 7.88. The van der Waals surface area contributed by atoms with Crippen LogP contribution in [-0.2, 0) is 4.79 Å². The predicted molar refractivity (Wildman–Crippen MR) is 79.4 cm³/mol. The molecule has 0 radical (unpaired) electrons. The fourth-order valence-electron chi connectivity index (χ4n) is 2.65. The fraction of sp³-hybridized carbons (Fsp3) is 0.562. The summed E-state index contributed by atoms with van der Waals surface area (Å²) in [4.78, 5) is 14.4. The van der Waals surface area contributed by atoms with Gasteiger partial charge in [0, 0.05) is 11.7 Å². The van der Waals surface area contributed by atoms with Crippen LogP contribution in [0.15, 0.2) is 18.2 Å². The van der Waals surface area contributed by atoms with E-state index in [1.165, 1.54) is 24.8 Å². The molecule has 0 aromatic heterocycles. The summed E-state index contributed by atoms with van der Waals surface area (Å²) >= 11 is 0. The number of rotatable bonds is 3. The summed E-state index contributed by atoms with van der Waals surface area (Å²) in [5, 5.41) is 3.04. The molecule has 1 aliphatic heterocycles. The number of carbonyl (C=O) groups excluding carboxylic acids is 1. The van der Waals surface area contributed by atoms with Gasteiger partial charge in [-0.1, -0.05) is 18.6 Å². The molecule has 0 bridgehead atoms. The monoisotopic (exact) mass is 260 g/mol. The molecule has 0 aliphatic carbocycles. The molecule has 1 fully saturated rings. The van der Waals surface area contributed by atoms with Gasteiger partial charge in [-0.25, -0.2) is 0 Å². The van der Waals surface area contributed by atoms with Crippen LogP contribution in [0.4, 0.5) is 5.69 Å². The molecule has 3 heteroatoms. The van der Waals surface area contributed by atoms with Crippen molar-refractivity contribution in [2.75, 3.05) is 18.4 Å². The van der Waals surface area contributed by atoms with Crippen LogP contribution in [0.25, 0.3) is 0 Å². The largest absolute Gasteiger partial charge is 0.325 e. The molecule has 1 saturated heterocycles. The lowest BCUT2D eigenvalue weighted by Gasteiger charge is -2.32. The number of hydrogen-bond donors (Lipinski definition) is 1. The Balaban J connectivity index is 1.95. The second-order valence-corrected chi connectivity index (χ2v) is 5.61. The number of hydrogen-bond acceptors (Lipinski definition) is 2. The van der Waals surface area contributed by atoms with Crippen molar-refractivity contribution in [1.82, 2.24) is 4.90 Å². The molecule has 0 saturated carbocycles. The van der Waals surface area contributed by atoms with E-state index in [4.69, 9.17) is 0 Å². The number of anilines is 1. The van der Waals surface area contributed by atoms with E-state index in [1.807, 2.05) is 12.1 Å². The summed E-state index contributed by atoms with van der Waals surface area (Å²) in [5.41, 5.74) is 3.31. The molecule has 1 aliphatic rings. The molecule has 3 nitrogen and oxygen atoms in total. The molecule has 1 N–H and O–H groups in total. The molecule has 1 aromatic carbocycles. The summed E-state index contributed by atoms with van der Waals surface area (Å²) in [5.74, 6) is 0.0995. The normalized spacial score (nSPS) is 20.3. The third-order valence-electron chi connectivity index (χ3n) is 4.17. The lowest BCUT2D eigenvalue weighted by molar-refractivity contribution is -0.118. The van der Waals surface area contributed by atoms with E-state index in [1.54, 1.807) is 0 Å². The number of carbonyl (C=O) groups is 1. The van der Waals surface area contributed by atoms with Crippen LogP contribution in [-0.4, -0.2) is 29.9 Å². The Bertz CT molecular complexity index is 456. The first-order valence-corrected chi connectivity index (χ1v) is 7.18. The first-order valence-electron chi connectivity index (χ1n) is 7.18. The maximum atomic E-state index is 12.1. The highest BCUT2D eigenvalue weighted by atomic mass is 16.2. The summed E-state index contributed by atoms with van der Waals surface area (Å²) in [7, 11) is 0. The minimum Gasteiger partial charge on any atom is -0.325 e. The molecule has 1 atom stereocenters. The van der Waals surface area contributed by atoms with Crippen molar-refractivity contribution in [3.8, 4) is 0 Å². The molecule has 104 valence electrons. The molecule has 2 rings (SSSR count). The van der Waals surface area contributed by atoms with Crippen molar-refractivity contribution < 1.29 is 4.79 Å². The minimum absolute atomic E-state index is 0.0995. The van der Waals surface area contributed by atoms with E-state index >= 15 is 0 Å². The Morgan fingerprint density at radius 2 is 2.16 bits per heavy atom.